The molecule has 3 aliphatic rings. The molecule has 2 atom stereocenters. The third-order valence-electron chi connectivity index (χ3n) is 6.72. The highest BCUT2D eigenvalue weighted by atomic mass is 35.5. The molecule has 1 spiro atoms. The van der Waals surface area contributed by atoms with Crippen LogP contribution in [0.15, 0.2) is 18.2 Å². The quantitative estimate of drug-likeness (QED) is 0.806. The second-order valence-electron chi connectivity index (χ2n) is 8.77. The van der Waals surface area contributed by atoms with Gasteiger partial charge in [-0.25, -0.2) is 8.78 Å². The largest absolute Gasteiger partial charge is 0.342 e. The van der Waals surface area contributed by atoms with E-state index < -0.39 is 11.6 Å². The predicted molar refractivity (Wildman–Crippen MR) is 107 cm³/mol. The van der Waals surface area contributed by atoms with E-state index >= 15 is 0 Å². The fourth-order valence-corrected chi connectivity index (χ4v) is 5.02. The molecule has 3 fully saturated rings. The number of rotatable bonds is 3. The molecule has 2 amide bonds. The maximum atomic E-state index is 13.4. The van der Waals surface area contributed by atoms with E-state index in [4.69, 9.17) is 5.73 Å². The number of hydrogen-bond donors (Lipinski definition) is 1. The Morgan fingerprint density at radius 2 is 1.90 bits per heavy atom. The minimum Gasteiger partial charge on any atom is -0.342 e. The van der Waals surface area contributed by atoms with Crippen LogP contribution in [0.5, 0.6) is 0 Å². The van der Waals surface area contributed by atoms with Crippen LogP contribution in [0.1, 0.15) is 44.1 Å². The van der Waals surface area contributed by atoms with E-state index in [0.717, 1.165) is 44.2 Å². The first-order valence-corrected chi connectivity index (χ1v) is 10.1. The lowest BCUT2D eigenvalue weighted by Crippen LogP contribution is -2.46. The summed E-state index contributed by atoms with van der Waals surface area (Å²) in [5.74, 6) is -1.46. The molecule has 2 N–H and O–H groups in total. The molecule has 1 aromatic rings. The van der Waals surface area contributed by atoms with Crippen molar-refractivity contribution < 1.29 is 18.4 Å². The van der Waals surface area contributed by atoms with Crippen LogP contribution in [-0.2, 0) is 16.1 Å². The summed E-state index contributed by atoms with van der Waals surface area (Å²) in [7, 11) is 0. The van der Waals surface area contributed by atoms with Gasteiger partial charge in [0.2, 0.25) is 11.8 Å². The average molecular weight is 428 g/mol. The topological polar surface area (TPSA) is 66.6 Å². The molecular weight excluding hydrogens is 400 g/mol. The summed E-state index contributed by atoms with van der Waals surface area (Å²) >= 11 is 0. The summed E-state index contributed by atoms with van der Waals surface area (Å²) in [6, 6.07) is 3.91. The van der Waals surface area contributed by atoms with Crippen molar-refractivity contribution in [2.45, 2.75) is 51.1 Å². The maximum absolute atomic E-state index is 13.4. The predicted octanol–water partition coefficient (Wildman–Crippen LogP) is 2.86. The Kier molecular flexibility index (Phi) is 6.48. The van der Waals surface area contributed by atoms with Gasteiger partial charge >= 0.3 is 0 Å². The van der Waals surface area contributed by atoms with Gasteiger partial charge in [-0.05, 0) is 49.8 Å². The van der Waals surface area contributed by atoms with E-state index in [1.807, 2.05) is 4.90 Å². The Morgan fingerprint density at radius 1 is 1.17 bits per heavy atom. The lowest BCUT2D eigenvalue weighted by molar-refractivity contribution is -0.137. The minimum absolute atomic E-state index is 0. The number of nitrogens with two attached hydrogens (primary N) is 1. The third-order valence-corrected chi connectivity index (χ3v) is 6.72. The van der Waals surface area contributed by atoms with Crippen LogP contribution in [0.3, 0.4) is 0 Å². The van der Waals surface area contributed by atoms with Crippen molar-refractivity contribution in [3.8, 4) is 0 Å². The first-order valence-electron chi connectivity index (χ1n) is 10.1. The summed E-state index contributed by atoms with van der Waals surface area (Å²) < 4.78 is 26.6. The van der Waals surface area contributed by atoms with Gasteiger partial charge in [0.05, 0.1) is 0 Å². The fourth-order valence-electron chi connectivity index (χ4n) is 5.02. The number of benzene rings is 1. The number of hydrogen-bond acceptors (Lipinski definition) is 3. The van der Waals surface area contributed by atoms with E-state index in [9.17, 15) is 18.4 Å². The number of piperidine rings is 1. The van der Waals surface area contributed by atoms with Crippen molar-refractivity contribution in [1.29, 1.82) is 0 Å². The van der Waals surface area contributed by atoms with E-state index in [2.05, 4.69) is 0 Å². The van der Waals surface area contributed by atoms with Gasteiger partial charge in [0.25, 0.3) is 0 Å². The van der Waals surface area contributed by atoms with Crippen LogP contribution in [0.2, 0.25) is 0 Å². The molecule has 0 radical (unpaired) electrons. The zero-order valence-corrected chi connectivity index (χ0v) is 17.2. The molecule has 5 nitrogen and oxygen atoms in total. The van der Waals surface area contributed by atoms with Crippen molar-refractivity contribution in [1.82, 2.24) is 9.80 Å². The summed E-state index contributed by atoms with van der Waals surface area (Å²) in [5.41, 5.74) is 6.42. The van der Waals surface area contributed by atoms with E-state index in [-0.39, 0.29) is 41.6 Å². The monoisotopic (exact) mass is 427 g/mol. The van der Waals surface area contributed by atoms with Gasteiger partial charge in [0, 0.05) is 50.0 Å². The van der Waals surface area contributed by atoms with Gasteiger partial charge in [-0.3, -0.25) is 9.59 Å². The van der Waals surface area contributed by atoms with Gasteiger partial charge in [0.1, 0.15) is 0 Å². The Morgan fingerprint density at radius 3 is 2.52 bits per heavy atom. The fraction of sp³-hybridized carbons (Fsp3) is 0.619. The lowest BCUT2D eigenvalue weighted by atomic mass is 9.77. The molecule has 1 aromatic carbocycles. The summed E-state index contributed by atoms with van der Waals surface area (Å²) in [6.07, 6.45) is 4.65. The number of carbonyl (C=O) groups excluding carboxylic acids is 2. The normalized spacial score (nSPS) is 26.1. The highest BCUT2D eigenvalue weighted by molar-refractivity contribution is 5.85. The number of likely N-dealkylation sites (tertiary alicyclic amines) is 2. The highest BCUT2D eigenvalue weighted by Gasteiger charge is 2.46. The van der Waals surface area contributed by atoms with Crippen LogP contribution in [-0.4, -0.2) is 47.3 Å². The third kappa shape index (κ3) is 4.56. The zero-order chi connectivity index (χ0) is 19.9. The first-order chi connectivity index (χ1) is 13.3. The Bertz CT molecular complexity index is 783. The van der Waals surface area contributed by atoms with Gasteiger partial charge in [0.15, 0.2) is 11.6 Å². The molecule has 0 aromatic heterocycles. The van der Waals surface area contributed by atoms with Gasteiger partial charge in [-0.1, -0.05) is 6.07 Å². The Hall–Kier alpha value is -1.73. The van der Waals surface area contributed by atoms with Gasteiger partial charge in [-0.2, -0.15) is 0 Å². The van der Waals surface area contributed by atoms with E-state index in [1.165, 1.54) is 6.07 Å². The standard InChI is InChI=1S/C21H27F2N3O2.ClH/c22-17-4-1-14(9-18(17)23)12-26-13-21(11-19(26)27)5-7-25(8-6-21)20(28)15-2-3-16(24)10-15;/h1,4,9,15-16H,2-3,5-8,10-13,24H2;1H/t15-,16+;/m0./s1. The molecule has 1 saturated carbocycles. The van der Waals surface area contributed by atoms with Crippen LogP contribution < -0.4 is 5.73 Å². The molecule has 2 heterocycles. The Balaban J connectivity index is 0.00000240. The molecule has 4 rings (SSSR count). The highest BCUT2D eigenvalue weighted by Crippen LogP contribution is 2.42. The minimum atomic E-state index is -0.891. The maximum Gasteiger partial charge on any atom is 0.225 e. The van der Waals surface area contributed by atoms with Crippen molar-refractivity contribution in [2.75, 3.05) is 19.6 Å². The molecule has 2 aliphatic heterocycles. The van der Waals surface area contributed by atoms with Crippen molar-refractivity contribution in [2.24, 2.45) is 17.1 Å². The van der Waals surface area contributed by atoms with E-state index in [1.54, 1.807) is 4.90 Å². The molecule has 1 aliphatic carbocycles. The summed E-state index contributed by atoms with van der Waals surface area (Å²) in [6.45, 7) is 2.26. The molecule has 8 heteroatoms. The number of nitrogens with zero attached hydrogens (tertiary/aromatic N) is 2. The van der Waals surface area contributed by atoms with Crippen LogP contribution in [0.25, 0.3) is 0 Å². The number of halogens is 3. The number of amides is 2. The van der Waals surface area contributed by atoms with Crippen LogP contribution >= 0.6 is 12.4 Å². The van der Waals surface area contributed by atoms with Crippen molar-refractivity contribution in [3.05, 3.63) is 35.4 Å². The summed E-state index contributed by atoms with van der Waals surface area (Å²) in [5, 5.41) is 0. The van der Waals surface area contributed by atoms with Crippen molar-refractivity contribution >= 4 is 24.2 Å². The lowest BCUT2D eigenvalue weighted by Gasteiger charge is -2.39. The molecule has 0 unspecified atom stereocenters. The van der Waals surface area contributed by atoms with Crippen molar-refractivity contribution in [3.63, 3.8) is 0 Å². The summed E-state index contributed by atoms with van der Waals surface area (Å²) in [4.78, 5) is 28.9. The van der Waals surface area contributed by atoms with Gasteiger partial charge < -0.3 is 15.5 Å². The first kappa shape index (κ1) is 22.0. The second kappa shape index (κ2) is 8.56. The smallest absolute Gasteiger partial charge is 0.225 e. The molecule has 160 valence electrons. The molecule has 2 saturated heterocycles. The Labute approximate surface area is 176 Å². The molecule has 29 heavy (non-hydrogen) atoms. The SMILES string of the molecule is Cl.N[C@@H]1CC[C@H](C(=O)N2CCC3(CC2)CC(=O)N(Cc2ccc(F)c(F)c2)C3)C1. The average Bonchev–Trinajstić information content (AvgIpc) is 3.22. The zero-order valence-electron chi connectivity index (χ0n) is 16.4. The molecular formula is C21H28ClF2N3O2. The second-order valence-corrected chi connectivity index (χ2v) is 8.77. The van der Waals surface area contributed by atoms with E-state index in [0.29, 0.717) is 38.2 Å². The van der Waals surface area contributed by atoms with Crippen LogP contribution in [0.4, 0.5) is 8.78 Å². The number of carbonyl (C=O) groups is 2. The van der Waals surface area contributed by atoms with Gasteiger partial charge in [-0.15, -0.1) is 12.4 Å². The van der Waals surface area contributed by atoms with Crippen LogP contribution in [0, 0.1) is 23.0 Å². The molecule has 0 bridgehead atoms.